The first-order valence-electron chi connectivity index (χ1n) is 6.88. The highest BCUT2D eigenvalue weighted by atomic mass is 16.5. The van der Waals surface area contributed by atoms with Crippen molar-refractivity contribution in [2.45, 2.75) is 31.8 Å². The van der Waals surface area contributed by atoms with E-state index in [0.29, 0.717) is 24.1 Å². The van der Waals surface area contributed by atoms with Crippen molar-refractivity contribution in [3.05, 3.63) is 23.8 Å². The molecule has 1 aromatic carbocycles. The van der Waals surface area contributed by atoms with Gasteiger partial charge in [0, 0.05) is 6.04 Å². The second kappa shape index (κ2) is 6.61. The van der Waals surface area contributed by atoms with E-state index in [1.165, 1.54) is 12.8 Å². The predicted molar refractivity (Wildman–Crippen MR) is 77.1 cm³/mol. The molecule has 2 rings (SSSR count). The first-order chi connectivity index (χ1) is 9.63. The summed E-state index contributed by atoms with van der Waals surface area (Å²) in [5.41, 5.74) is 0.988. The lowest BCUT2D eigenvalue weighted by Crippen LogP contribution is -2.36. The van der Waals surface area contributed by atoms with Crippen molar-refractivity contribution in [1.29, 1.82) is 0 Å². The van der Waals surface area contributed by atoms with Gasteiger partial charge in [0.15, 0.2) is 11.5 Å². The van der Waals surface area contributed by atoms with E-state index in [-0.39, 0.29) is 11.9 Å². The molecule has 110 valence electrons. The maximum Gasteiger partial charge on any atom is 0.234 e. The van der Waals surface area contributed by atoms with Gasteiger partial charge in [0.2, 0.25) is 5.91 Å². The third-order valence-corrected chi connectivity index (χ3v) is 3.41. The minimum atomic E-state index is -0.0664. The molecular weight excluding hydrogens is 256 g/mol. The van der Waals surface area contributed by atoms with E-state index in [2.05, 4.69) is 10.6 Å². The Bertz CT molecular complexity index is 472. The number of hydrogen-bond acceptors (Lipinski definition) is 4. The lowest BCUT2D eigenvalue weighted by molar-refractivity contribution is -0.120. The summed E-state index contributed by atoms with van der Waals surface area (Å²) in [6, 6.07) is 6.14. The molecule has 1 saturated carbocycles. The van der Waals surface area contributed by atoms with Crippen molar-refractivity contribution >= 4 is 5.91 Å². The third kappa shape index (κ3) is 3.87. The molecule has 5 heteroatoms. The van der Waals surface area contributed by atoms with Crippen LogP contribution in [0.1, 0.15) is 31.4 Å². The molecule has 0 saturated heterocycles. The molecule has 0 aliphatic heterocycles. The molecule has 0 heterocycles. The Morgan fingerprint density at radius 2 is 2.00 bits per heavy atom. The molecule has 1 aliphatic rings. The highest BCUT2D eigenvalue weighted by Gasteiger charge is 2.21. The zero-order chi connectivity index (χ0) is 14.5. The van der Waals surface area contributed by atoms with Crippen LogP contribution in [-0.2, 0) is 4.79 Å². The normalized spacial score (nSPS) is 15.6. The smallest absolute Gasteiger partial charge is 0.234 e. The molecule has 1 atom stereocenters. The molecule has 0 bridgehead atoms. The molecule has 2 N–H and O–H groups in total. The second-order valence-corrected chi connectivity index (χ2v) is 5.06. The topological polar surface area (TPSA) is 59.6 Å². The van der Waals surface area contributed by atoms with E-state index in [1.54, 1.807) is 14.2 Å². The Kier molecular flexibility index (Phi) is 4.84. The Morgan fingerprint density at radius 1 is 1.30 bits per heavy atom. The molecule has 1 unspecified atom stereocenters. The average molecular weight is 278 g/mol. The van der Waals surface area contributed by atoms with Crippen molar-refractivity contribution in [2.75, 3.05) is 20.8 Å². The summed E-state index contributed by atoms with van der Waals surface area (Å²) in [5, 5.41) is 6.17. The summed E-state index contributed by atoms with van der Waals surface area (Å²) in [6.07, 6.45) is 2.36. The van der Waals surface area contributed by atoms with Crippen LogP contribution in [0.25, 0.3) is 0 Å². The zero-order valence-corrected chi connectivity index (χ0v) is 12.2. The molecule has 1 aliphatic carbocycles. The number of methoxy groups -OCH3 is 2. The fraction of sp³-hybridized carbons (Fsp3) is 0.533. The second-order valence-electron chi connectivity index (χ2n) is 5.06. The number of benzene rings is 1. The monoisotopic (exact) mass is 278 g/mol. The lowest BCUT2D eigenvalue weighted by Gasteiger charge is -2.16. The van der Waals surface area contributed by atoms with Crippen LogP contribution in [0.5, 0.6) is 11.5 Å². The van der Waals surface area contributed by atoms with Gasteiger partial charge in [0.25, 0.3) is 0 Å². The van der Waals surface area contributed by atoms with Crippen LogP contribution in [0.2, 0.25) is 0 Å². The van der Waals surface area contributed by atoms with Gasteiger partial charge in [-0.1, -0.05) is 6.07 Å². The molecule has 0 aromatic heterocycles. The Hall–Kier alpha value is -1.75. The lowest BCUT2D eigenvalue weighted by atomic mass is 10.1. The van der Waals surface area contributed by atoms with Gasteiger partial charge in [-0.15, -0.1) is 0 Å². The van der Waals surface area contributed by atoms with Crippen LogP contribution >= 0.6 is 0 Å². The Labute approximate surface area is 119 Å². The molecular formula is C15H22N2O3. The third-order valence-electron chi connectivity index (χ3n) is 3.41. The fourth-order valence-electron chi connectivity index (χ4n) is 2.02. The van der Waals surface area contributed by atoms with Crippen LogP contribution < -0.4 is 20.1 Å². The fourth-order valence-corrected chi connectivity index (χ4v) is 2.02. The van der Waals surface area contributed by atoms with E-state index in [0.717, 1.165) is 5.56 Å². The zero-order valence-electron chi connectivity index (χ0n) is 12.2. The molecule has 1 fully saturated rings. The van der Waals surface area contributed by atoms with Crippen molar-refractivity contribution < 1.29 is 14.3 Å². The SMILES string of the molecule is COc1ccc(C(C)NC(=O)CNC2CC2)cc1OC. The van der Waals surface area contributed by atoms with E-state index >= 15 is 0 Å². The van der Waals surface area contributed by atoms with Crippen LogP contribution in [0.3, 0.4) is 0 Å². The summed E-state index contributed by atoms with van der Waals surface area (Å²) in [5.74, 6) is 1.37. The number of carbonyl (C=O) groups is 1. The van der Waals surface area contributed by atoms with Gasteiger partial charge >= 0.3 is 0 Å². The van der Waals surface area contributed by atoms with Crippen molar-refractivity contribution in [3.8, 4) is 11.5 Å². The van der Waals surface area contributed by atoms with Crippen molar-refractivity contribution in [1.82, 2.24) is 10.6 Å². The van der Waals surface area contributed by atoms with Gasteiger partial charge < -0.3 is 20.1 Å². The minimum absolute atomic E-state index is 0.0131. The van der Waals surface area contributed by atoms with Gasteiger partial charge in [0.05, 0.1) is 26.8 Å². The van der Waals surface area contributed by atoms with Gasteiger partial charge in [-0.2, -0.15) is 0 Å². The maximum atomic E-state index is 11.8. The number of nitrogens with one attached hydrogen (secondary N) is 2. The van der Waals surface area contributed by atoms with Gasteiger partial charge in [-0.25, -0.2) is 0 Å². The summed E-state index contributed by atoms with van der Waals surface area (Å²) in [4.78, 5) is 11.8. The Balaban J connectivity index is 1.93. The molecule has 0 spiro atoms. The number of amides is 1. The quantitative estimate of drug-likeness (QED) is 0.796. The van der Waals surface area contributed by atoms with Crippen LogP contribution in [0.15, 0.2) is 18.2 Å². The largest absolute Gasteiger partial charge is 0.493 e. The molecule has 1 amide bonds. The van der Waals surface area contributed by atoms with Crippen LogP contribution in [0, 0.1) is 0 Å². The van der Waals surface area contributed by atoms with Crippen LogP contribution in [-0.4, -0.2) is 32.7 Å². The predicted octanol–water partition coefficient (Wildman–Crippen LogP) is 1.63. The van der Waals surface area contributed by atoms with Crippen molar-refractivity contribution in [2.24, 2.45) is 0 Å². The summed E-state index contributed by atoms with van der Waals surface area (Å²) in [7, 11) is 3.21. The summed E-state index contributed by atoms with van der Waals surface area (Å²) < 4.78 is 10.5. The number of ether oxygens (including phenoxy) is 2. The molecule has 5 nitrogen and oxygen atoms in total. The van der Waals surface area contributed by atoms with Crippen LogP contribution in [0.4, 0.5) is 0 Å². The Morgan fingerprint density at radius 3 is 2.60 bits per heavy atom. The maximum absolute atomic E-state index is 11.8. The summed E-state index contributed by atoms with van der Waals surface area (Å²) in [6.45, 7) is 2.33. The molecule has 0 radical (unpaired) electrons. The molecule has 20 heavy (non-hydrogen) atoms. The van der Waals surface area contributed by atoms with E-state index in [9.17, 15) is 4.79 Å². The van der Waals surface area contributed by atoms with E-state index < -0.39 is 0 Å². The highest BCUT2D eigenvalue weighted by Crippen LogP contribution is 2.29. The average Bonchev–Trinajstić information content (AvgIpc) is 3.28. The minimum Gasteiger partial charge on any atom is -0.493 e. The van der Waals surface area contributed by atoms with E-state index in [4.69, 9.17) is 9.47 Å². The van der Waals surface area contributed by atoms with Gasteiger partial charge in [0.1, 0.15) is 0 Å². The van der Waals surface area contributed by atoms with E-state index in [1.807, 2.05) is 25.1 Å². The van der Waals surface area contributed by atoms with Crippen molar-refractivity contribution in [3.63, 3.8) is 0 Å². The molecule has 1 aromatic rings. The first kappa shape index (κ1) is 14.7. The van der Waals surface area contributed by atoms with Gasteiger partial charge in [-0.05, 0) is 37.5 Å². The number of rotatable bonds is 7. The standard InChI is InChI=1S/C15H22N2O3/c1-10(17-15(18)9-16-12-5-6-12)11-4-7-13(19-2)14(8-11)20-3/h4,7-8,10,12,16H,5-6,9H2,1-3H3,(H,17,18). The number of hydrogen-bond donors (Lipinski definition) is 2. The highest BCUT2D eigenvalue weighted by molar-refractivity contribution is 5.78. The summed E-state index contributed by atoms with van der Waals surface area (Å²) >= 11 is 0. The number of carbonyl (C=O) groups excluding carboxylic acids is 1. The first-order valence-corrected chi connectivity index (χ1v) is 6.88. The van der Waals surface area contributed by atoms with Gasteiger partial charge in [-0.3, -0.25) is 4.79 Å².